The first-order valence-corrected chi connectivity index (χ1v) is 6.36. The fourth-order valence-corrected chi connectivity index (χ4v) is 1.85. The molecular weight excluding hydrogens is 328 g/mol. The molecule has 0 aliphatic carbocycles. The minimum atomic E-state index is -4.53. The lowest BCUT2D eigenvalue weighted by molar-refractivity contribution is -0.137. The largest absolute Gasteiger partial charge is 0.457 e. The van der Waals surface area contributed by atoms with Gasteiger partial charge in [-0.2, -0.15) is 13.2 Å². The maximum absolute atomic E-state index is 12.7. The maximum Gasteiger partial charge on any atom is 0.416 e. The highest BCUT2D eigenvalue weighted by Gasteiger charge is 2.31. The molecule has 0 radical (unpaired) electrons. The minimum Gasteiger partial charge on any atom is -0.457 e. The van der Waals surface area contributed by atoms with Crippen molar-refractivity contribution < 1.29 is 22.7 Å². The second kappa shape index (κ2) is 5.95. The lowest BCUT2D eigenvalue weighted by Crippen LogP contribution is -2.05. The van der Waals surface area contributed by atoms with Crippen molar-refractivity contribution in [2.75, 3.05) is 0 Å². The molecule has 0 aliphatic rings. The first-order valence-electron chi connectivity index (χ1n) is 5.60. The van der Waals surface area contributed by atoms with Gasteiger partial charge in [0.05, 0.1) is 21.2 Å². The molecule has 0 bridgehead atoms. The minimum absolute atomic E-state index is 0.00549. The van der Waals surface area contributed by atoms with Crippen LogP contribution in [-0.4, -0.2) is 6.29 Å². The van der Waals surface area contributed by atoms with E-state index in [1.54, 1.807) is 0 Å². The zero-order chi connectivity index (χ0) is 15.6. The van der Waals surface area contributed by atoms with E-state index in [9.17, 15) is 18.0 Å². The number of halogens is 5. The van der Waals surface area contributed by atoms with Crippen molar-refractivity contribution in [3.05, 3.63) is 57.6 Å². The molecule has 2 nitrogen and oxygen atoms in total. The quantitative estimate of drug-likeness (QED) is 0.681. The summed E-state index contributed by atoms with van der Waals surface area (Å²) in [6, 6.07) is 6.83. The third-order valence-corrected chi connectivity index (χ3v) is 3.33. The molecule has 0 amide bonds. The number of rotatable bonds is 3. The van der Waals surface area contributed by atoms with Crippen LogP contribution in [-0.2, 0) is 6.18 Å². The van der Waals surface area contributed by atoms with E-state index >= 15 is 0 Å². The summed E-state index contributed by atoms with van der Waals surface area (Å²) in [4.78, 5) is 10.9. The van der Waals surface area contributed by atoms with Gasteiger partial charge in [-0.1, -0.05) is 23.2 Å². The Bertz CT molecular complexity index is 684. The molecule has 0 spiro atoms. The molecule has 0 saturated carbocycles. The van der Waals surface area contributed by atoms with Crippen LogP contribution in [0.5, 0.6) is 11.5 Å². The maximum atomic E-state index is 12.7. The van der Waals surface area contributed by atoms with E-state index in [2.05, 4.69) is 0 Å². The molecule has 110 valence electrons. The van der Waals surface area contributed by atoms with Gasteiger partial charge in [-0.25, -0.2) is 0 Å². The number of aldehydes is 1. The Balaban J connectivity index is 2.41. The molecule has 2 aromatic rings. The molecule has 21 heavy (non-hydrogen) atoms. The number of carbonyl (C=O) groups is 1. The smallest absolute Gasteiger partial charge is 0.416 e. The first-order chi connectivity index (χ1) is 9.81. The molecule has 2 aromatic carbocycles. The zero-order valence-electron chi connectivity index (χ0n) is 10.2. The van der Waals surface area contributed by atoms with Gasteiger partial charge in [0.1, 0.15) is 11.5 Å². The van der Waals surface area contributed by atoms with Crippen LogP contribution in [0, 0.1) is 0 Å². The molecule has 0 aromatic heterocycles. The number of hydrogen-bond donors (Lipinski definition) is 0. The highest BCUT2D eigenvalue weighted by Crippen LogP contribution is 2.35. The number of hydrogen-bond acceptors (Lipinski definition) is 2. The van der Waals surface area contributed by atoms with E-state index in [1.807, 2.05) is 0 Å². The van der Waals surface area contributed by atoms with Crippen LogP contribution in [0.25, 0.3) is 0 Å². The molecule has 0 unspecified atom stereocenters. The van der Waals surface area contributed by atoms with E-state index < -0.39 is 11.7 Å². The third-order valence-electron chi connectivity index (χ3n) is 2.59. The Morgan fingerprint density at radius 2 is 1.71 bits per heavy atom. The van der Waals surface area contributed by atoms with Gasteiger partial charge >= 0.3 is 6.18 Å². The van der Waals surface area contributed by atoms with E-state index in [1.165, 1.54) is 18.2 Å². The SMILES string of the molecule is O=Cc1ccc(C(F)(F)F)cc1Oc1ccc(Cl)c(Cl)c1. The molecule has 0 saturated heterocycles. The lowest BCUT2D eigenvalue weighted by Gasteiger charge is -2.12. The van der Waals surface area contributed by atoms with Crippen molar-refractivity contribution in [3.8, 4) is 11.5 Å². The molecule has 2 rings (SSSR count). The molecule has 0 aliphatic heterocycles. The second-order valence-electron chi connectivity index (χ2n) is 4.05. The van der Waals surface area contributed by atoms with Crippen LogP contribution in [0.4, 0.5) is 13.2 Å². The number of benzene rings is 2. The van der Waals surface area contributed by atoms with Crippen LogP contribution >= 0.6 is 23.2 Å². The van der Waals surface area contributed by atoms with Gasteiger partial charge in [0, 0.05) is 6.07 Å². The standard InChI is InChI=1S/C14H7Cl2F3O2/c15-11-4-3-10(6-12(11)16)21-13-5-9(14(17,18)19)2-1-8(13)7-20/h1-7H. The van der Waals surface area contributed by atoms with Gasteiger partial charge < -0.3 is 4.74 Å². The molecular formula is C14H7Cl2F3O2. The van der Waals surface area contributed by atoms with E-state index in [4.69, 9.17) is 27.9 Å². The fourth-order valence-electron chi connectivity index (χ4n) is 1.56. The Hall–Kier alpha value is -1.72. The topological polar surface area (TPSA) is 26.3 Å². The van der Waals surface area contributed by atoms with E-state index in [-0.39, 0.29) is 27.1 Å². The van der Waals surface area contributed by atoms with Crippen LogP contribution < -0.4 is 4.74 Å². The summed E-state index contributed by atoms with van der Waals surface area (Å²) >= 11 is 11.5. The number of ether oxygens (including phenoxy) is 1. The Kier molecular flexibility index (Phi) is 4.44. The molecule has 0 heterocycles. The average molecular weight is 335 g/mol. The predicted octanol–water partition coefficient (Wildman–Crippen LogP) is 5.62. The highest BCUT2D eigenvalue weighted by atomic mass is 35.5. The van der Waals surface area contributed by atoms with Crippen LogP contribution in [0.1, 0.15) is 15.9 Å². The van der Waals surface area contributed by atoms with E-state index in [0.717, 1.165) is 18.2 Å². The second-order valence-corrected chi connectivity index (χ2v) is 4.86. The van der Waals surface area contributed by atoms with Crippen molar-refractivity contribution in [1.82, 2.24) is 0 Å². The molecule has 0 N–H and O–H groups in total. The monoisotopic (exact) mass is 334 g/mol. The van der Waals surface area contributed by atoms with Crippen LogP contribution in [0.3, 0.4) is 0 Å². The average Bonchev–Trinajstić information content (AvgIpc) is 2.42. The summed E-state index contributed by atoms with van der Waals surface area (Å²) < 4.78 is 43.3. The summed E-state index contributed by atoms with van der Waals surface area (Å²) in [5.41, 5.74) is -0.919. The Morgan fingerprint density at radius 1 is 1.00 bits per heavy atom. The predicted molar refractivity (Wildman–Crippen MR) is 73.4 cm³/mol. The summed E-state index contributed by atoms with van der Waals surface area (Å²) in [7, 11) is 0. The van der Waals surface area contributed by atoms with Crippen LogP contribution in [0.15, 0.2) is 36.4 Å². The van der Waals surface area contributed by atoms with Gasteiger partial charge in [0.2, 0.25) is 0 Å². The van der Waals surface area contributed by atoms with Crippen molar-refractivity contribution in [2.24, 2.45) is 0 Å². The van der Waals surface area contributed by atoms with Crippen LogP contribution in [0.2, 0.25) is 10.0 Å². The van der Waals surface area contributed by atoms with Crippen molar-refractivity contribution in [1.29, 1.82) is 0 Å². The van der Waals surface area contributed by atoms with Gasteiger partial charge in [-0.15, -0.1) is 0 Å². The fraction of sp³-hybridized carbons (Fsp3) is 0.0714. The number of alkyl halides is 3. The van der Waals surface area contributed by atoms with Gasteiger partial charge in [-0.05, 0) is 30.3 Å². The Morgan fingerprint density at radius 3 is 2.29 bits per heavy atom. The molecule has 0 fully saturated rings. The van der Waals surface area contributed by atoms with Gasteiger partial charge in [-0.3, -0.25) is 4.79 Å². The summed E-state index contributed by atoms with van der Waals surface area (Å²) in [5.74, 6) is -0.0370. The first kappa shape index (κ1) is 15.7. The van der Waals surface area contributed by atoms with Gasteiger partial charge in [0.25, 0.3) is 0 Å². The molecule has 0 atom stereocenters. The highest BCUT2D eigenvalue weighted by molar-refractivity contribution is 6.42. The Labute approximate surface area is 128 Å². The van der Waals surface area contributed by atoms with Crippen molar-refractivity contribution >= 4 is 29.5 Å². The third kappa shape index (κ3) is 3.68. The number of carbonyl (C=O) groups excluding carboxylic acids is 1. The molecule has 7 heteroatoms. The summed E-state index contributed by atoms with van der Waals surface area (Å²) in [5, 5.41) is 0.470. The van der Waals surface area contributed by atoms with Crippen molar-refractivity contribution in [2.45, 2.75) is 6.18 Å². The van der Waals surface area contributed by atoms with Gasteiger partial charge in [0.15, 0.2) is 6.29 Å². The van der Waals surface area contributed by atoms with E-state index in [0.29, 0.717) is 6.29 Å². The normalized spacial score (nSPS) is 11.3. The zero-order valence-corrected chi connectivity index (χ0v) is 11.8. The summed E-state index contributed by atoms with van der Waals surface area (Å²) in [6.07, 6.45) is -4.12. The summed E-state index contributed by atoms with van der Waals surface area (Å²) in [6.45, 7) is 0. The lowest BCUT2D eigenvalue weighted by atomic mass is 10.1. The van der Waals surface area contributed by atoms with Crippen molar-refractivity contribution in [3.63, 3.8) is 0 Å².